The molecule has 0 aliphatic carbocycles. The molecule has 3 aromatic rings. The molecule has 2 amide bonds. The molecule has 0 spiro atoms. The van der Waals surface area contributed by atoms with Crippen LogP contribution in [0.4, 0.5) is 24.5 Å². The van der Waals surface area contributed by atoms with Crippen molar-refractivity contribution in [2.45, 2.75) is 6.18 Å². The third-order valence-electron chi connectivity index (χ3n) is 5.18. The molecule has 0 unspecified atom stereocenters. The lowest BCUT2D eigenvalue weighted by Gasteiger charge is -2.29. The summed E-state index contributed by atoms with van der Waals surface area (Å²) in [6, 6.07) is 11.4. The maximum atomic E-state index is 13.1. The summed E-state index contributed by atoms with van der Waals surface area (Å²) >= 11 is 11.0. The average molecular weight is 564 g/mol. The minimum Gasteiger partial charge on any atom is -0.504 e. The summed E-state index contributed by atoms with van der Waals surface area (Å²) in [7, 11) is 0. The quantitative estimate of drug-likeness (QED) is 0.136. The molecule has 1 fully saturated rings. The zero-order valence-electron chi connectivity index (χ0n) is 18.7. The SMILES string of the molecule is O=C1NC(=S)N(c2ccc(Cl)cc2)C(=O)/C1=C/c1ccc(Oc2ccc(C(F)(F)F)cc2[N+](=O)[O-])c(O)c1. The fraction of sp³-hybridized carbons (Fsp3) is 0.0417. The van der Waals surface area contributed by atoms with Crippen LogP contribution < -0.4 is 15.0 Å². The van der Waals surface area contributed by atoms with Gasteiger partial charge in [-0.2, -0.15) is 13.2 Å². The minimum absolute atomic E-state index is 0.149. The van der Waals surface area contributed by atoms with E-state index in [-0.39, 0.29) is 22.0 Å². The molecule has 0 bridgehead atoms. The first-order valence-electron chi connectivity index (χ1n) is 10.4. The number of phenols is 1. The number of carbonyl (C=O) groups excluding carboxylic acids is 2. The number of phenolic OH excluding ortho intramolecular Hbond substituents is 1. The number of alkyl halides is 3. The number of benzene rings is 3. The van der Waals surface area contributed by atoms with Crippen molar-refractivity contribution in [3.05, 3.63) is 92.5 Å². The zero-order chi connectivity index (χ0) is 27.8. The summed E-state index contributed by atoms with van der Waals surface area (Å²) < 4.78 is 44.1. The summed E-state index contributed by atoms with van der Waals surface area (Å²) in [4.78, 5) is 36.9. The van der Waals surface area contributed by atoms with Crippen LogP contribution in [0.25, 0.3) is 6.08 Å². The lowest BCUT2D eigenvalue weighted by atomic mass is 10.1. The lowest BCUT2D eigenvalue weighted by molar-refractivity contribution is -0.385. The Morgan fingerprint density at radius 2 is 1.71 bits per heavy atom. The number of ether oxygens (including phenoxy) is 1. The van der Waals surface area contributed by atoms with Gasteiger partial charge in [-0.1, -0.05) is 17.7 Å². The van der Waals surface area contributed by atoms with Gasteiger partial charge < -0.3 is 9.84 Å². The number of thiocarbonyl (C=S) groups is 1. The second-order valence-corrected chi connectivity index (χ2v) is 8.52. The maximum absolute atomic E-state index is 13.1. The number of hydrogen-bond acceptors (Lipinski definition) is 7. The second kappa shape index (κ2) is 10.1. The molecule has 1 heterocycles. The molecule has 3 aromatic carbocycles. The van der Waals surface area contributed by atoms with Crippen molar-refractivity contribution in [1.82, 2.24) is 5.32 Å². The van der Waals surface area contributed by atoms with Crippen LogP contribution in [0.1, 0.15) is 11.1 Å². The molecular weight excluding hydrogens is 551 g/mol. The van der Waals surface area contributed by atoms with E-state index in [9.17, 15) is 38.0 Å². The van der Waals surface area contributed by atoms with Crippen molar-refractivity contribution >= 4 is 58.2 Å². The van der Waals surface area contributed by atoms with E-state index in [2.05, 4.69) is 5.32 Å². The predicted molar refractivity (Wildman–Crippen MR) is 134 cm³/mol. The summed E-state index contributed by atoms with van der Waals surface area (Å²) in [5.74, 6) is -2.97. The first-order chi connectivity index (χ1) is 17.8. The van der Waals surface area contributed by atoms with Gasteiger partial charge in [0.2, 0.25) is 5.75 Å². The highest BCUT2D eigenvalue weighted by atomic mass is 35.5. The summed E-state index contributed by atoms with van der Waals surface area (Å²) in [6.45, 7) is 0. The molecular formula is C24H13ClF3N3O6S. The van der Waals surface area contributed by atoms with Gasteiger partial charge in [-0.25, -0.2) is 0 Å². The standard InChI is InChI=1S/C24H13ClF3N3O6S/c25-14-3-5-15(6-4-14)30-22(34)16(21(33)29-23(30)38)9-12-1-7-20(18(32)10-12)37-19-8-2-13(24(26,27)28)11-17(19)31(35)36/h1-11,32H,(H,29,33,38)/b16-9+. The third kappa shape index (κ3) is 5.43. The van der Waals surface area contributed by atoms with Crippen molar-refractivity contribution in [1.29, 1.82) is 0 Å². The largest absolute Gasteiger partial charge is 0.504 e. The Labute approximate surface area is 221 Å². The van der Waals surface area contributed by atoms with Crippen LogP contribution in [0, 0.1) is 10.1 Å². The summed E-state index contributed by atoms with van der Waals surface area (Å²) in [5, 5.41) is 24.3. The summed E-state index contributed by atoms with van der Waals surface area (Å²) in [6.07, 6.45) is -3.64. The van der Waals surface area contributed by atoms with Crippen molar-refractivity contribution in [2.75, 3.05) is 4.90 Å². The van der Waals surface area contributed by atoms with E-state index in [0.29, 0.717) is 22.8 Å². The number of aromatic hydroxyl groups is 1. The molecule has 2 N–H and O–H groups in total. The molecule has 0 atom stereocenters. The Kier molecular flexibility index (Phi) is 7.07. The molecule has 4 rings (SSSR count). The number of nitro groups is 1. The molecule has 38 heavy (non-hydrogen) atoms. The highest BCUT2D eigenvalue weighted by Crippen LogP contribution is 2.40. The number of nitrogens with zero attached hydrogens (tertiary/aromatic N) is 2. The van der Waals surface area contributed by atoms with Gasteiger partial charge in [0.1, 0.15) is 5.57 Å². The van der Waals surface area contributed by atoms with Crippen molar-refractivity contribution in [3.8, 4) is 17.2 Å². The molecule has 14 heteroatoms. The van der Waals surface area contributed by atoms with E-state index in [4.69, 9.17) is 28.6 Å². The van der Waals surface area contributed by atoms with E-state index < -0.39 is 45.7 Å². The van der Waals surface area contributed by atoms with Gasteiger partial charge in [0.15, 0.2) is 16.6 Å². The Hall–Kier alpha value is -4.49. The fourth-order valence-electron chi connectivity index (χ4n) is 3.40. The van der Waals surface area contributed by atoms with Crippen LogP contribution in [-0.2, 0) is 15.8 Å². The van der Waals surface area contributed by atoms with Crippen molar-refractivity contribution in [3.63, 3.8) is 0 Å². The number of carbonyl (C=O) groups is 2. The van der Waals surface area contributed by atoms with Gasteiger partial charge in [-0.15, -0.1) is 0 Å². The first-order valence-corrected chi connectivity index (χ1v) is 11.2. The van der Waals surface area contributed by atoms with Crippen molar-refractivity contribution in [2.24, 2.45) is 0 Å². The number of anilines is 1. The Morgan fingerprint density at radius 3 is 2.32 bits per heavy atom. The fourth-order valence-corrected chi connectivity index (χ4v) is 3.81. The Morgan fingerprint density at radius 1 is 1.05 bits per heavy atom. The van der Waals surface area contributed by atoms with Crippen LogP contribution in [0.3, 0.4) is 0 Å². The van der Waals surface area contributed by atoms with E-state index in [1.54, 1.807) is 0 Å². The van der Waals surface area contributed by atoms with E-state index >= 15 is 0 Å². The third-order valence-corrected chi connectivity index (χ3v) is 5.72. The van der Waals surface area contributed by atoms with Crippen LogP contribution in [0.15, 0.2) is 66.2 Å². The van der Waals surface area contributed by atoms with Crippen LogP contribution in [0.5, 0.6) is 17.2 Å². The monoisotopic (exact) mass is 563 g/mol. The molecule has 0 radical (unpaired) electrons. The van der Waals surface area contributed by atoms with E-state index in [0.717, 1.165) is 23.1 Å². The van der Waals surface area contributed by atoms with Crippen molar-refractivity contribution < 1.29 is 37.5 Å². The normalized spacial score (nSPS) is 15.0. The van der Waals surface area contributed by atoms with Crippen LogP contribution in [-0.4, -0.2) is 27.0 Å². The van der Waals surface area contributed by atoms with Gasteiger partial charge in [-0.05, 0) is 72.4 Å². The number of nitro benzene ring substituents is 1. The molecule has 1 aliphatic rings. The predicted octanol–water partition coefficient (Wildman–Crippen LogP) is 5.60. The molecule has 0 saturated carbocycles. The van der Waals surface area contributed by atoms with Gasteiger partial charge in [0, 0.05) is 11.1 Å². The molecule has 194 valence electrons. The highest BCUT2D eigenvalue weighted by Gasteiger charge is 2.35. The van der Waals surface area contributed by atoms with E-state index in [1.165, 1.54) is 36.4 Å². The minimum atomic E-state index is -4.81. The average Bonchev–Trinajstić information content (AvgIpc) is 2.84. The van der Waals surface area contributed by atoms with Gasteiger partial charge in [-0.3, -0.25) is 29.9 Å². The van der Waals surface area contributed by atoms with Crippen LogP contribution in [0.2, 0.25) is 5.02 Å². The number of rotatable bonds is 5. The number of amides is 2. The second-order valence-electron chi connectivity index (χ2n) is 7.70. The highest BCUT2D eigenvalue weighted by molar-refractivity contribution is 7.80. The van der Waals surface area contributed by atoms with Gasteiger partial charge in [0.05, 0.1) is 16.2 Å². The zero-order valence-corrected chi connectivity index (χ0v) is 20.2. The smallest absolute Gasteiger partial charge is 0.416 e. The molecule has 1 aliphatic heterocycles. The number of hydrogen-bond donors (Lipinski definition) is 2. The van der Waals surface area contributed by atoms with Crippen LogP contribution >= 0.6 is 23.8 Å². The number of halogens is 4. The molecule has 1 saturated heterocycles. The summed E-state index contributed by atoms with van der Waals surface area (Å²) in [5.41, 5.74) is -2.02. The number of nitrogens with one attached hydrogen (secondary N) is 1. The Balaban J connectivity index is 1.63. The maximum Gasteiger partial charge on any atom is 0.416 e. The topological polar surface area (TPSA) is 122 Å². The molecule has 9 nitrogen and oxygen atoms in total. The van der Waals surface area contributed by atoms with E-state index in [1.807, 2.05) is 0 Å². The Bertz CT molecular complexity index is 1530. The van der Waals surface area contributed by atoms with Gasteiger partial charge in [0.25, 0.3) is 11.8 Å². The first kappa shape index (κ1) is 26.6. The molecule has 0 aromatic heterocycles. The lowest BCUT2D eigenvalue weighted by Crippen LogP contribution is -2.54. The van der Waals surface area contributed by atoms with Gasteiger partial charge >= 0.3 is 11.9 Å².